The summed E-state index contributed by atoms with van der Waals surface area (Å²) in [4.78, 5) is 15.6. The molecule has 0 saturated carbocycles. The lowest BCUT2D eigenvalue weighted by Gasteiger charge is -2.28. The molecule has 0 unspecified atom stereocenters. The highest BCUT2D eigenvalue weighted by molar-refractivity contribution is 5.90. The number of aromatic nitrogens is 3. The van der Waals surface area contributed by atoms with Crippen LogP contribution in [0.4, 0.5) is 11.6 Å². The minimum absolute atomic E-state index is 0.188. The van der Waals surface area contributed by atoms with Gasteiger partial charge in [-0.1, -0.05) is 32.0 Å². The molecule has 3 heterocycles. The van der Waals surface area contributed by atoms with E-state index in [4.69, 9.17) is 10.8 Å². The second-order valence-corrected chi connectivity index (χ2v) is 9.02. The van der Waals surface area contributed by atoms with E-state index in [0.717, 1.165) is 46.9 Å². The van der Waals surface area contributed by atoms with E-state index >= 15 is 0 Å². The lowest BCUT2D eigenvalue weighted by molar-refractivity contribution is -0.113. The van der Waals surface area contributed by atoms with E-state index in [1.54, 1.807) is 12.3 Å². The Bertz CT molecular complexity index is 1170. The minimum atomic E-state index is -0.471. The van der Waals surface area contributed by atoms with Gasteiger partial charge in [-0.05, 0) is 48.2 Å². The summed E-state index contributed by atoms with van der Waals surface area (Å²) >= 11 is 0. The topological polar surface area (TPSA) is 130 Å². The summed E-state index contributed by atoms with van der Waals surface area (Å²) in [6, 6.07) is 9.80. The lowest BCUT2D eigenvalue weighted by Crippen LogP contribution is -2.43. The van der Waals surface area contributed by atoms with Crippen molar-refractivity contribution in [2.24, 2.45) is 11.7 Å². The van der Waals surface area contributed by atoms with Gasteiger partial charge in [-0.2, -0.15) is 4.52 Å². The monoisotopic (exact) mass is 463 g/mol. The van der Waals surface area contributed by atoms with Crippen LogP contribution < -0.4 is 21.7 Å². The maximum Gasteiger partial charge on any atom is 0.241 e. The Hall–Kier alpha value is -3.43. The Morgan fingerprint density at radius 1 is 1.35 bits per heavy atom. The number of piperidine rings is 1. The first kappa shape index (κ1) is 23.7. The van der Waals surface area contributed by atoms with Crippen LogP contribution in [0.25, 0.3) is 11.7 Å². The van der Waals surface area contributed by atoms with Crippen molar-refractivity contribution >= 4 is 29.3 Å². The maximum absolute atomic E-state index is 11.0. The highest BCUT2D eigenvalue weighted by Crippen LogP contribution is 2.29. The zero-order valence-corrected chi connectivity index (χ0v) is 19.7. The first-order chi connectivity index (χ1) is 16.4. The van der Waals surface area contributed by atoms with Crippen molar-refractivity contribution in [1.82, 2.24) is 19.9 Å². The number of aliphatic hydroxyl groups excluding tert-OH is 1. The van der Waals surface area contributed by atoms with E-state index in [9.17, 15) is 9.90 Å². The predicted octanol–water partition coefficient (Wildman–Crippen LogP) is 2.35. The smallest absolute Gasteiger partial charge is 0.241 e. The van der Waals surface area contributed by atoms with Crippen LogP contribution in [0, 0.1) is 5.92 Å². The summed E-state index contributed by atoms with van der Waals surface area (Å²) in [5.41, 5.74) is 9.04. The summed E-state index contributed by atoms with van der Waals surface area (Å²) < 4.78 is 1.84. The normalized spacial score (nSPS) is 18.6. The van der Waals surface area contributed by atoms with Gasteiger partial charge in [-0.15, -0.1) is 5.10 Å². The van der Waals surface area contributed by atoms with Crippen LogP contribution in [-0.2, 0) is 11.3 Å². The maximum atomic E-state index is 11.0. The number of aliphatic hydroxyl groups is 1. The molecule has 1 aliphatic heterocycles. The van der Waals surface area contributed by atoms with Crippen LogP contribution in [0.5, 0.6) is 0 Å². The van der Waals surface area contributed by atoms with E-state index in [1.807, 2.05) is 34.8 Å². The number of nitrogens with zero attached hydrogens (tertiary/aromatic N) is 3. The molecular weight excluding hydrogens is 430 g/mol. The number of nitrogens with two attached hydrogens (primary N) is 1. The Morgan fingerprint density at radius 2 is 2.21 bits per heavy atom. The molecule has 0 bridgehead atoms. The van der Waals surface area contributed by atoms with E-state index in [1.165, 1.54) is 6.08 Å². The predicted molar refractivity (Wildman–Crippen MR) is 135 cm³/mol. The van der Waals surface area contributed by atoms with Gasteiger partial charge in [-0.25, -0.2) is 4.98 Å². The van der Waals surface area contributed by atoms with Crippen molar-refractivity contribution in [3.05, 3.63) is 59.3 Å². The highest BCUT2D eigenvalue weighted by atomic mass is 16.3. The summed E-state index contributed by atoms with van der Waals surface area (Å²) in [6.07, 6.45) is 5.42. The van der Waals surface area contributed by atoms with Gasteiger partial charge >= 0.3 is 0 Å². The number of β-amino-alcohol motifs (C(OH)–C–C–N with tert-alkyl or cyclic N) is 1. The molecule has 6 N–H and O–H groups in total. The third-order valence-corrected chi connectivity index (χ3v) is 6.12. The lowest BCUT2D eigenvalue weighted by atomic mass is 9.95. The number of benzene rings is 1. The molecule has 1 saturated heterocycles. The summed E-state index contributed by atoms with van der Waals surface area (Å²) in [7, 11) is 0. The first-order valence-electron chi connectivity index (χ1n) is 11.7. The van der Waals surface area contributed by atoms with Crippen LogP contribution >= 0.6 is 0 Å². The number of hydrogen-bond acceptors (Lipinski definition) is 7. The fourth-order valence-corrected chi connectivity index (χ4v) is 4.30. The number of anilines is 2. The third kappa shape index (κ3) is 5.55. The molecule has 0 spiro atoms. The zero-order chi connectivity index (χ0) is 24.1. The Morgan fingerprint density at radius 3 is 2.97 bits per heavy atom. The number of carbonyl (C=O) groups excluding carboxylic acids is 1. The van der Waals surface area contributed by atoms with E-state index in [-0.39, 0.29) is 17.9 Å². The molecule has 34 heavy (non-hydrogen) atoms. The Kier molecular flexibility index (Phi) is 7.44. The number of amides is 1. The van der Waals surface area contributed by atoms with Gasteiger partial charge in [0.15, 0.2) is 11.5 Å². The van der Waals surface area contributed by atoms with E-state index in [2.05, 4.69) is 34.8 Å². The zero-order valence-electron chi connectivity index (χ0n) is 19.7. The van der Waals surface area contributed by atoms with Crippen molar-refractivity contribution in [1.29, 1.82) is 0 Å². The van der Waals surface area contributed by atoms with Gasteiger partial charge in [0.1, 0.15) is 5.82 Å². The molecule has 1 aromatic carbocycles. The number of primary amides is 1. The van der Waals surface area contributed by atoms with E-state index < -0.39 is 5.91 Å². The second-order valence-electron chi connectivity index (χ2n) is 9.02. The van der Waals surface area contributed by atoms with Gasteiger partial charge < -0.3 is 26.8 Å². The van der Waals surface area contributed by atoms with Crippen molar-refractivity contribution in [3.63, 3.8) is 0 Å². The molecule has 3 aromatic rings. The SMILES string of the molecule is CC(C)c1c(NC[C@H]2CCNC[C@@H]2O)nn2c(NCc3cccc(/C=C/C(N)=O)c3)ccnc12. The second kappa shape index (κ2) is 10.7. The molecule has 9 heteroatoms. The Balaban J connectivity index is 1.54. The number of carbonyl (C=O) groups is 1. The van der Waals surface area contributed by atoms with Crippen molar-refractivity contribution in [3.8, 4) is 0 Å². The fourth-order valence-electron chi connectivity index (χ4n) is 4.30. The van der Waals surface area contributed by atoms with Crippen LogP contribution in [0.2, 0.25) is 0 Å². The summed E-state index contributed by atoms with van der Waals surface area (Å²) in [5, 5.41) is 25.3. The van der Waals surface area contributed by atoms with Gasteiger partial charge in [0.05, 0.1) is 6.10 Å². The van der Waals surface area contributed by atoms with Crippen LogP contribution in [0.3, 0.4) is 0 Å². The number of fused-ring (bicyclic) bond motifs is 1. The number of nitrogens with one attached hydrogen (secondary N) is 3. The summed E-state index contributed by atoms with van der Waals surface area (Å²) in [6.45, 7) is 7.06. The van der Waals surface area contributed by atoms with Gasteiger partial charge in [-0.3, -0.25) is 4.79 Å². The molecule has 0 aliphatic carbocycles. The summed E-state index contributed by atoms with van der Waals surface area (Å²) in [5.74, 6) is 1.59. The standard InChI is InChI=1S/C25H33N7O2/c1-16(2)23-24(30-14-19-8-10-27-15-20(19)33)31-32-22(9-11-28-25(23)32)29-13-18-5-3-4-17(12-18)6-7-21(26)34/h3-7,9,11-12,16,19-20,27,29,33H,8,10,13-15H2,1-2H3,(H2,26,34)(H,30,31)/b7-6+/t19-,20+/m1/s1. The average Bonchev–Trinajstić information content (AvgIpc) is 3.20. The van der Waals surface area contributed by atoms with Crippen molar-refractivity contribution in [2.45, 2.75) is 38.8 Å². The molecule has 1 aliphatic rings. The van der Waals surface area contributed by atoms with E-state index in [0.29, 0.717) is 19.6 Å². The molecule has 2 aromatic heterocycles. The van der Waals surface area contributed by atoms with Crippen LogP contribution in [0.15, 0.2) is 42.6 Å². The molecule has 0 radical (unpaired) electrons. The molecular formula is C25H33N7O2. The molecule has 4 rings (SSSR count). The molecule has 1 amide bonds. The quantitative estimate of drug-likeness (QED) is 0.308. The minimum Gasteiger partial charge on any atom is -0.391 e. The molecule has 180 valence electrons. The van der Waals surface area contributed by atoms with Crippen molar-refractivity contribution in [2.75, 3.05) is 30.3 Å². The van der Waals surface area contributed by atoms with Crippen LogP contribution in [0.1, 0.15) is 42.9 Å². The highest BCUT2D eigenvalue weighted by Gasteiger charge is 2.24. The average molecular weight is 464 g/mol. The van der Waals surface area contributed by atoms with Crippen molar-refractivity contribution < 1.29 is 9.90 Å². The first-order valence-corrected chi connectivity index (χ1v) is 11.7. The molecule has 9 nitrogen and oxygen atoms in total. The number of hydrogen-bond donors (Lipinski definition) is 5. The van der Waals surface area contributed by atoms with Gasteiger partial charge in [0.25, 0.3) is 0 Å². The largest absolute Gasteiger partial charge is 0.391 e. The van der Waals surface area contributed by atoms with Gasteiger partial charge in [0, 0.05) is 43.4 Å². The van der Waals surface area contributed by atoms with Gasteiger partial charge in [0.2, 0.25) is 5.91 Å². The Labute approximate surface area is 199 Å². The molecule has 1 fully saturated rings. The fraction of sp³-hybridized carbons (Fsp3) is 0.400. The third-order valence-electron chi connectivity index (χ3n) is 6.12. The molecule has 2 atom stereocenters. The number of rotatable bonds is 9. The van der Waals surface area contributed by atoms with Crippen LogP contribution in [-0.4, -0.2) is 51.4 Å².